The van der Waals surface area contributed by atoms with Gasteiger partial charge in [-0.1, -0.05) is 11.6 Å². The van der Waals surface area contributed by atoms with Crippen molar-refractivity contribution >= 4 is 52.2 Å². The standard InChI is InChI=1S/C20H17ClN2O4S/c1-11-7-13(8-12(2)18(11)25)9-16-19(26)23(20(27)28-16)10-17(24)22-15-5-3-14(21)4-6-15/h3-9,25H,10H2,1-2H3,(H,22,24)/b16-9-. The molecule has 28 heavy (non-hydrogen) atoms. The molecule has 0 spiro atoms. The molecular weight excluding hydrogens is 400 g/mol. The first-order valence-corrected chi connectivity index (χ1v) is 9.55. The van der Waals surface area contributed by atoms with E-state index in [0.29, 0.717) is 27.4 Å². The van der Waals surface area contributed by atoms with Gasteiger partial charge in [-0.3, -0.25) is 19.3 Å². The van der Waals surface area contributed by atoms with Crippen molar-refractivity contribution in [3.63, 3.8) is 0 Å². The number of anilines is 1. The number of hydrogen-bond donors (Lipinski definition) is 2. The number of benzene rings is 2. The maximum atomic E-state index is 12.6. The van der Waals surface area contributed by atoms with Gasteiger partial charge in [0, 0.05) is 10.7 Å². The molecule has 2 aromatic rings. The van der Waals surface area contributed by atoms with Gasteiger partial charge in [-0.2, -0.15) is 0 Å². The van der Waals surface area contributed by atoms with E-state index in [1.54, 1.807) is 56.3 Å². The number of carbonyl (C=O) groups is 3. The molecule has 0 aliphatic carbocycles. The van der Waals surface area contributed by atoms with Crippen molar-refractivity contribution in [1.29, 1.82) is 0 Å². The van der Waals surface area contributed by atoms with Crippen molar-refractivity contribution in [3.8, 4) is 5.75 Å². The molecule has 0 saturated carbocycles. The van der Waals surface area contributed by atoms with Crippen molar-refractivity contribution in [2.75, 3.05) is 11.9 Å². The van der Waals surface area contributed by atoms with Crippen LogP contribution in [-0.4, -0.2) is 33.6 Å². The first kappa shape index (κ1) is 20.0. The van der Waals surface area contributed by atoms with Crippen molar-refractivity contribution < 1.29 is 19.5 Å². The van der Waals surface area contributed by atoms with Crippen LogP contribution in [0.1, 0.15) is 16.7 Å². The van der Waals surface area contributed by atoms with Gasteiger partial charge in [-0.15, -0.1) is 0 Å². The number of carbonyl (C=O) groups excluding carboxylic acids is 3. The fourth-order valence-electron chi connectivity index (χ4n) is 2.74. The Kier molecular flexibility index (Phi) is 5.76. The van der Waals surface area contributed by atoms with Gasteiger partial charge >= 0.3 is 0 Å². The number of phenolic OH excluding ortho intramolecular Hbond substituents is 1. The first-order chi connectivity index (χ1) is 13.2. The number of hydrogen-bond acceptors (Lipinski definition) is 5. The Balaban J connectivity index is 1.72. The molecule has 0 unspecified atom stereocenters. The van der Waals surface area contributed by atoms with Crippen molar-refractivity contribution in [1.82, 2.24) is 4.90 Å². The predicted octanol–water partition coefficient (Wildman–Crippen LogP) is 4.34. The number of nitrogens with zero attached hydrogens (tertiary/aromatic N) is 1. The highest BCUT2D eigenvalue weighted by Gasteiger charge is 2.36. The summed E-state index contributed by atoms with van der Waals surface area (Å²) in [6, 6.07) is 9.96. The molecule has 2 N–H and O–H groups in total. The normalized spacial score (nSPS) is 15.4. The molecule has 3 amide bonds. The molecule has 6 nitrogen and oxygen atoms in total. The summed E-state index contributed by atoms with van der Waals surface area (Å²) in [5, 5.41) is 12.5. The van der Waals surface area contributed by atoms with Crippen LogP contribution >= 0.6 is 23.4 Å². The molecule has 0 bridgehead atoms. The smallest absolute Gasteiger partial charge is 0.294 e. The number of aryl methyl sites for hydroxylation is 2. The lowest BCUT2D eigenvalue weighted by Crippen LogP contribution is -2.36. The number of nitrogens with one attached hydrogen (secondary N) is 1. The van der Waals surface area contributed by atoms with Crippen LogP contribution in [0.4, 0.5) is 10.5 Å². The lowest BCUT2D eigenvalue weighted by molar-refractivity contribution is -0.127. The van der Waals surface area contributed by atoms with E-state index in [-0.39, 0.29) is 17.2 Å². The summed E-state index contributed by atoms with van der Waals surface area (Å²) < 4.78 is 0. The summed E-state index contributed by atoms with van der Waals surface area (Å²) in [6.07, 6.45) is 1.58. The highest BCUT2D eigenvalue weighted by molar-refractivity contribution is 8.18. The van der Waals surface area contributed by atoms with Gasteiger partial charge in [0.15, 0.2) is 0 Å². The minimum absolute atomic E-state index is 0.198. The summed E-state index contributed by atoms with van der Waals surface area (Å²) in [7, 11) is 0. The van der Waals surface area contributed by atoms with Gasteiger partial charge < -0.3 is 10.4 Å². The number of thioether (sulfide) groups is 1. The van der Waals surface area contributed by atoms with Crippen LogP contribution in [-0.2, 0) is 9.59 Å². The Morgan fingerprint density at radius 2 is 1.79 bits per heavy atom. The van der Waals surface area contributed by atoms with Crippen LogP contribution in [0, 0.1) is 13.8 Å². The highest BCUT2D eigenvalue weighted by atomic mass is 35.5. The van der Waals surface area contributed by atoms with Gasteiger partial charge in [0.25, 0.3) is 11.1 Å². The predicted molar refractivity (Wildman–Crippen MR) is 110 cm³/mol. The van der Waals surface area contributed by atoms with Crippen LogP contribution in [0.15, 0.2) is 41.3 Å². The number of amides is 3. The van der Waals surface area contributed by atoms with E-state index in [2.05, 4.69) is 5.32 Å². The fraction of sp³-hybridized carbons (Fsp3) is 0.150. The SMILES string of the molecule is Cc1cc(/C=C2\SC(=O)N(CC(=O)Nc3ccc(Cl)cc3)C2=O)cc(C)c1O. The summed E-state index contributed by atoms with van der Waals surface area (Å²) in [6.45, 7) is 3.14. The minimum Gasteiger partial charge on any atom is -0.507 e. The van der Waals surface area contributed by atoms with E-state index in [9.17, 15) is 19.5 Å². The molecule has 1 saturated heterocycles. The third-order valence-electron chi connectivity index (χ3n) is 4.11. The summed E-state index contributed by atoms with van der Waals surface area (Å²) in [5.74, 6) is -0.809. The van der Waals surface area contributed by atoms with Gasteiger partial charge in [0.05, 0.1) is 4.91 Å². The number of halogens is 1. The molecule has 1 fully saturated rings. The van der Waals surface area contributed by atoms with Gasteiger partial charge in [-0.05, 0) is 84.8 Å². The quantitative estimate of drug-likeness (QED) is 0.724. The topological polar surface area (TPSA) is 86.7 Å². The maximum absolute atomic E-state index is 12.6. The van der Waals surface area contributed by atoms with Gasteiger partial charge in [0.2, 0.25) is 5.91 Å². The van der Waals surface area contributed by atoms with Crippen molar-refractivity contribution in [3.05, 3.63) is 63.0 Å². The average Bonchev–Trinajstić information content (AvgIpc) is 2.89. The monoisotopic (exact) mass is 416 g/mol. The largest absolute Gasteiger partial charge is 0.507 e. The van der Waals surface area contributed by atoms with Crippen molar-refractivity contribution in [2.45, 2.75) is 13.8 Å². The van der Waals surface area contributed by atoms with E-state index in [1.807, 2.05) is 0 Å². The first-order valence-electron chi connectivity index (χ1n) is 8.35. The van der Waals surface area contributed by atoms with E-state index in [1.165, 1.54) is 0 Å². The van der Waals surface area contributed by atoms with E-state index in [4.69, 9.17) is 11.6 Å². The lowest BCUT2D eigenvalue weighted by Gasteiger charge is -2.12. The Hall–Kier alpha value is -2.77. The molecule has 3 rings (SSSR count). The third kappa shape index (κ3) is 4.37. The fourth-order valence-corrected chi connectivity index (χ4v) is 3.70. The van der Waals surface area contributed by atoms with Crippen LogP contribution in [0.5, 0.6) is 5.75 Å². The summed E-state index contributed by atoms with van der Waals surface area (Å²) in [4.78, 5) is 38.1. The zero-order valence-corrected chi connectivity index (χ0v) is 16.7. The lowest BCUT2D eigenvalue weighted by atomic mass is 10.1. The van der Waals surface area contributed by atoms with Gasteiger partial charge in [0.1, 0.15) is 12.3 Å². The molecular formula is C20H17ClN2O4S. The average molecular weight is 417 g/mol. The molecule has 1 aliphatic heterocycles. The van der Waals surface area contributed by atoms with Crippen molar-refractivity contribution in [2.24, 2.45) is 0 Å². The van der Waals surface area contributed by atoms with Crippen LogP contribution in [0.25, 0.3) is 6.08 Å². The van der Waals surface area contributed by atoms with Crippen LogP contribution in [0.2, 0.25) is 5.02 Å². The zero-order valence-electron chi connectivity index (χ0n) is 15.2. The van der Waals surface area contributed by atoms with E-state index in [0.717, 1.165) is 16.7 Å². The summed E-state index contributed by atoms with van der Waals surface area (Å²) >= 11 is 6.58. The Labute approximate surface area is 171 Å². The second-order valence-electron chi connectivity index (χ2n) is 6.33. The Morgan fingerprint density at radius 3 is 2.39 bits per heavy atom. The molecule has 0 radical (unpaired) electrons. The van der Waals surface area contributed by atoms with E-state index < -0.39 is 17.1 Å². The number of aromatic hydroxyl groups is 1. The third-order valence-corrected chi connectivity index (χ3v) is 5.27. The molecule has 144 valence electrons. The molecule has 0 aromatic heterocycles. The highest BCUT2D eigenvalue weighted by Crippen LogP contribution is 2.33. The molecule has 1 aliphatic rings. The molecule has 8 heteroatoms. The second kappa shape index (κ2) is 8.08. The van der Waals surface area contributed by atoms with Crippen LogP contribution < -0.4 is 5.32 Å². The molecule has 2 aromatic carbocycles. The minimum atomic E-state index is -0.523. The molecule has 1 heterocycles. The summed E-state index contributed by atoms with van der Waals surface area (Å²) in [5.41, 5.74) is 2.57. The Morgan fingerprint density at radius 1 is 1.18 bits per heavy atom. The van der Waals surface area contributed by atoms with Crippen LogP contribution in [0.3, 0.4) is 0 Å². The second-order valence-corrected chi connectivity index (χ2v) is 7.76. The number of imide groups is 1. The van der Waals surface area contributed by atoms with Gasteiger partial charge in [-0.25, -0.2) is 0 Å². The molecule has 0 atom stereocenters. The maximum Gasteiger partial charge on any atom is 0.294 e. The number of rotatable bonds is 4. The van der Waals surface area contributed by atoms with E-state index >= 15 is 0 Å². The Bertz CT molecular complexity index is 979. The number of phenols is 1. The zero-order chi connectivity index (χ0) is 20.4.